The zero-order valence-electron chi connectivity index (χ0n) is 32.8. The molecule has 0 radical (unpaired) electrons. The monoisotopic (exact) mass is 807 g/mol. The maximum atomic E-state index is 11.5. The number of hydrogen-bond acceptors (Lipinski definition) is 14. The van der Waals surface area contributed by atoms with Gasteiger partial charge in [0.05, 0.1) is 32.0 Å². The van der Waals surface area contributed by atoms with E-state index in [-0.39, 0.29) is 88.9 Å². The molecule has 4 fully saturated rings. The molecule has 16 nitrogen and oxygen atoms in total. The first-order chi connectivity index (χ1) is 24.7. The Balaban J connectivity index is 0.000000344. The SMILES string of the molecule is CC(C)(C)O.CCOC(=O)C(=O)OCC.CCOC(=O)c1n[nH]c2c1C1CC1C2.CCOC(=O)c1n[nH]c2c1[C@@H]1C[C@@H]1C2.Cl.NN.O=C1CC2CC2C1.[K+]. The van der Waals surface area contributed by atoms with Gasteiger partial charge in [0.25, 0.3) is 0 Å². The summed E-state index contributed by atoms with van der Waals surface area (Å²) in [6.07, 6.45) is 7.73. The Hall–Kier alpha value is -2.22. The van der Waals surface area contributed by atoms with E-state index in [2.05, 4.69) is 41.6 Å². The van der Waals surface area contributed by atoms with Gasteiger partial charge in [0.1, 0.15) is 5.78 Å². The van der Waals surface area contributed by atoms with Gasteiger partial charge in [-0.3, -0.25) is 26.7 Å². The van der Waals surface area contributed by atoms with E-state index < -0.39 is 17.5 Å². The van der Waals surface area contributed by atoms with Gasteiger partial charge in [-0.15, -0.1) is 12.4 Å². The molecule has 6 aliphatic rings. The first-order valence-electron chi connectivity index (χ1n) is 18.1. The van der Waals surface area contributed by atoms with Crippen LogP contribution in [0.1, 0.15) is 136 Å². The Morgan fingerprint density at radius 1 is 0.667 bits per heavy atom. The van der Waals surface area contributed by atoms with E-state index in [0.717, 1.165) is 71.9 Å². The van der Waals surface area contributed by atoms with Crippen molar-refractivity contribution in [1.82, 2.24) is 20.4 Å². The third-order valence-corrected chi connectivity index (χ3v) is 8.99. The molecule has 6 atom stereocenters. The molecule has 18 heteroatoms. The van der Waals surface area contributed by atoms with E-state index in [4.69, 9.17) is 14.6 Å². The number of nitrogens with two attached hydrogens (primary N) is 2. The molecule has 7 N–H and O–H groups in total. The molecule has 4 unspecified atom stereocenters. The van der Waals surface area contributed by atoms with Gasteiger partial charge in [0.15, 0.2) is 11.4 Å². The third-order valence-electron chi connectivity index (χ3n) is 8.99. The molecule has 0 bridgehead atoms. The average Bonchev–Trinajstić information content (AvgIpc) is 3.95. The second-order valence-electron chi connectivity index (χ2n) is 14.3. The van der Waals surface area contributed by atoms with Crippen LogP contribution in [-0.4, -0.2) is 87.2 Å². The molecule has 0 aromatic carbocycles. The van der Waals surface area contributed by atoms with Gasteiger partial charge in [0.2, 0.25) is 0 Å². The summed E-state index contributed by atoms with van der Waals surface area (Å²) >= 11 is 0. The molecule has 298 valence electrons. The largest absolute Gasteiger partial charge is 1.00 e. The molecule has 54 heavy (non-hydrogen) atoms. The smallest absolute Gasteiger partial charge is 0.461 e. The van der Waals surface area contributed by atoms with Crippen molar-refractivity contribution < 1.29 is 99.4 Å². The maximum absolute atomic E-state index is 11.5. The number of hydrogen-bond donors (Lipinski definition) is 5. The summed E-state index contributed by atoms with van der Waals surface area (Å²) in [7, 11) is 0. The van der Waals surface area contributed by atoms with Gasteiger partial charge in [0, 0.05) is 35.4 Å². The molecule has 0 saturated heterocycles. The number of carbonyl (C=O) groups is 5. The number of nitrogens with one attached hydrogen (secondary N) is 2. The minimum absolute atomic E-state index is 0. The minimum Gasteiger partial charge on any atom is -0.461 e. The number of nitrogens with zero attached hydrogens (tertiary/aromatic N) is 2. The summed E-state index contributed by atoms with van der Waals surface area (Å²) in [6, 6.07) is 0. The molecule has 0 amide bonds. The van der Waals surface area contributed by atoms with Crippen LogP contribution in [-0.2, 0) is 46.2 Å². The van der Waals surface area contributed by atoms with Crippen molar-refractivity contribution in [3.63, 3.8) is 0 Å². The minimum atomic E-state index is -0.927. The topological polar surface area (TPSA) is 252 Å². The molecular formula is C36H57ClKN6O10+. The van der Waals surface area contributed by atoms with Gasteiger partial charge in [-0.2, -0.15) is 10.2 Å². The Kier molecular flexibility index (Phi) is 21.3. The number of carbonyl (C=O) groups excluding carboxylic acids is 5. The van der Waals surface area contributed by atoms with Crippen LogP contribution in [0, 0.1) is 23.7 Å². The Morgan fingerprint density at radius 2 is 1.00 bits per heavy atom. The first kappa shape index (κ1) is 49.8. The number of ketones is 1. The summed E-state index contributed by atoms with van der Waals surface area (Å²) in [6.45, 7) is 13.3. The van der Waals surface area contributed by atoms with Crippen molar-refractivity contribution in [2.24, 2.45) is 35.4 Å². The number of fused-ring (bicyclic) bond motifs is 7. The number of ether oxygens (including phenoxy) is 4. The molecule has 8 rings (SSSR count). The molecule has 2 aromatic rings. The fourth-order valence-electron chi connectivity index (χ4n) is 6.63. The van der Waals surface area contributed by atoms with E-state index in [1.54, 1.807) is 34.6 Å². The fraction of sp³-hybridized carbons (Fsp3) is 0.694. The standard InChI is InChI=1S/2C10H12N2O2.C6H10O4.C6H8O.C4H10O.ClH.K.H4N2/c2*1-2-14-10(13)9-8-6-3-5(6)4-7(8)11-12-9;1-3-9-5(7)6(8)10-4-2;7-6-2-4-1-5(4)3-6;1-4(2,3)5;;;1-2/h2*5-6H,2-4H2,1H3,(H,11,12);3-4H2,1-2H3;4-5H,1-3H2;5H,1-3H3;1H;;1-2H2/q;;;;;;+1;/t5-,6-;;;;;;;/m1......./s1. The van der Waals surface area contributed by atoms with Gasteiger partial charge < -0.3 is 24.1 Å². The summed E-state index contributed by atoms with van der Waals surface area (Å²) in [5.74, 6) is 10.5. The second-order valence-corrected chi connectivity index (χ2v) is 14.3. The van der Waals surface area contributed by atoms with Crippen LogP contribution in [0.2, 0.25) is 0 Å². The summed E-state index contributed by atoms with van der Waals surface area (Å²) in [4.78, 5) is 54.4. The number of aromatic nitrogens is 4. The Morgan fingerprint density at radius 3 is 1.28 bits per heavy atom. The Bertz CT molecular complexity index is 1450. The van der Waals surface area contributed by atoms with Crippen LogP contribution in [0.4, 0.5) is 0 Å². The van der Waals surface area contributed by atoms with Gasteiger partial charge in [-0.25, -0.2) is 19.2 Å². The second kappa shape index (κ2) is 23.1. The van der Waals surface area contributed by atoms with Gasteiger partial charge in [-0.05, 0) is 116 Å². The average molecular weight is 808 g/mol. The van der Waals surface area contributed by atoms with Crippen molar-refractivity contribution in [3.05, 3.63) is 33.9 Å². The van der Waals surface area contributed by atoms with Crippen molar-refractivity contribution in [2.75, 3.05) is 26.4 Å². The van der Waals surface area contributed by atoms with Crippen molar-refractivity contribution in [1.29, 1.82) is 0 Å². The van der Waals surface area contributed by atoms with Crippen molar-refractivity contribution in [2.45, 2.75) is 111 Å². The van der Waals surface area contributed by atoms with Crippen LogP contribution in [0.15, 0.2) is 0 Å². The zero-order chi connectivity index (χ0) is 38.7. The summed E-state index contributed by atoms with van der Waals surface area (Å²) in [5, 5.41) is 22.5. The quantitative estimate of drug-likeness (QED) is 0.0670. The predicted molar refractivity (Wildman–Crippen MR) is 195 cm³/mol. The van der Waals surface area contributed by atoms with E-state index in [1.807, 2.05) is 13.8 Å². The van der Waals surface area contributed by atoms with E-state index in [0.29, 0.717) is 42.2 Å². The summed E-state index contributed by atoms with van der Waals surface area (Å²) in [5.41, 5.74) is 5.10. The zero-order valence-corrected chi connectivity index (χ0v) is 36.8. The normalized spacial score (nSPS) is 22.8. The number of H-pyrrole nitrogens is 2. The van der Waals surface area contributed by atoms with E-state index in [1.165, 1.54) is 19.3 Å². The van der Waals surface area contributed by atoms with Crippen LogP contribution in [0.3, 0.4) is 0 Å². The van der Waals surface area contributed by atoms with Crippen LogP contribution in [0.25, 0.3) is 0 Å². The first-order valence-corrected chi connectivity index (χ1v) is 18.1. The molecule has 0 aliphatic heterocycles. The molecule has 2 aromatic heterocycles. The molecule has 2 heterocycles. The Labute approximate surface area is 365 Å². The van der Waals surface area contributed by atoms with E-state index >= 15 is 0 Å². The molecular weight excluding hydrogens is 751 g/mol. The molecule has 0 spiro atoms. The van der Waals surface area contributed by atoms with Gasteiger partial charge in [-0.1, -0.05) is 0 Å². The third kappa shape index (κ3) is 14.7. The molecule has 6 aliphatic carbocycles. The number of halogens is 1. The van der Waals surface area contributed by atoms with Crippen LogP contribution < -0.4 is 63.1 Å². The van der Waals surface area contributed by atoms with Crippen LogP contribution >= 0.6 is 12.4 Å². The van der Waals surface area contributed by atoms with Crippen molar-refractivity contribution >= 4 is 42.1 Å². The number of aromatic amines is 2. The van der Waals surface area contributed by atoms with Crippen molar-refractivity contribution in [3.8, 4) is 0 Å². The number of hydrazine groups is 1. The number of aliphatic hydroxyl groups is 1. The number of Topliss-reactive ketones (excluding diaryl/α,β-unsaturated/α-hetero) is 1. The number of rotatable bonds is 6. The fourth-order valence-corrected chi connectivity index (χ4v) is 6.63. The predicted octanol–water partition coefficient (Wildman–Crippen LogP) is 0.612. The van der Waals surface area contributed by atoms with Crippen LogP contribution in [0.5, 0.6) is 0 Å². The van der Waals surface area contributed by atoms with E-state index in [9.17, 15) is 24.0 Å². The maximum Gasteiger partial charge on any atom is 1.00 e. The van der Waals surface area contributed by atoms with Gasteiger partial charge >= 0.3 is 75.3 Å². The molecule has 4 saturated carbocycles. The summed E-state index contributed by atoms with van der Waals surface area (Å²) < 4.78 is 18.6. The number of esters is 4.